The van der Waals surface area contributed by atoms with Crippen LogP contribution in [-0.4, -0.2) is 0 Å². The van der Waals surface area contributed by atoms with E-state index in [1.54, 1.807) is 0 Å². The van der Waals surface area contributed by atoms with E-state index in [2.05, 4.69) is 19.6 Å². The topological polar surface area (TPSA) is 13.1 Å². The first kappa shape index (κ1) is 9.07. The van der Waals surface area contributed by atoms with Gasteiger partial charge in [0.15, 0.2) is 0 Å². The van der Waals surface area contributed by atoms with Crippen LogP contribution in [0.5, 0.6) is 0 Å². The fraction of sp³-hybridized carbons (Fsp3) is 0.231. The molecule has 0 spiro atoms. The summed E-state index contributed by atoms with van der Waals surface area (Å²) >= 11 is 0. The number of fused-ring (bicyclic) bond motifs is 1. The Morgan fingerprint density at radius 1 is 1.36 bits per heavy atom. The number of hydrogen-bond donors (Lipinski definition) is 0. The molecule has 72 valence electrons. The van der Waals surface area contributed by atoms with Crippen LogP contribution in [0.15, 0.2) is 35.3 Å². The zero-order chi connectivity index (χ0) is 10.1. The van der Waals surface area contributed by atoms with Crippen LogP contribution in [0.1, 0.15) is 25.2 Å². The number of hydrogen-bond acceptors (Lipinski definition) is 1. The molecule has 2 rings (SSSR count). The van der Waals surface area contributed by atoms with Gasteiger partial charge in [0.05, 0.1) is 0 Å². The van der Waals surface area contributed by atoms with Crippen molar-refractivity contribution in [1.82, 2.24) is 0 Å². The van der Waals surface area contributed by atoms with Crippen LogP contribution in [0.4, 0.5) is 0 Å². The molecule has 0 bridgehead atoms. The number of rotatable bonds is 2. The Bertz CT molecular complexity index is 477. The van der Waals surface area contributed by atoms with Crippen LogP contribution in [-0.2, 0) is 6.42 Å². The molecule has 2 aromatic rings. The molecule has 0 N–H and O–H groups in total. The quantitative estimate of drug-likeness (QED) is 0.690. The summed E-state index contributed by atoms with van der Waals surface area (Å²) in [5.41, 5.74) is 3.23. The molecular formula is C13H14O. The Morgan fingerprint density at radius 3 is 2.71 bits per heavy atom. The lowest BCUT2D eigenvalue weighted by molar-refractivity contribution is 0.594. The van der Waals surface area contributed by atoms with Gasteiger partial charge in [0.25, 0.3) is 0 Å². The molecule has 0 radical (unpaired) electrons. The third kappa shape index (κ3) is 1.25. The summed E-state index contributed by atoms with van der Waals surface area (Å²) < 4.78 is 5.75. The third-order valence-corrected chi connectivity index (χ3v) is 2.44. The molecule has 1 heterocycles. The molecule has 0 atom stereocenters. The van der Waals surface area contributed by atoms with E-state index in [-0.39, 0.29) is 0 Å². The van der Waals surface area contributed by atoms with Crippen LogP contribution >= 0.6 is 0 Å². The maximum absolute atomic E-state index is 5.75. The summed E-state index contributed by atoms with van der Waals surface area (Å²) in [6.45, 7) is 8.06. The highest BCUT2D eigenvalue weighted by Gasteiger charge is 2.11. The first-order chi connectivity index (χ1) is 6.74. The van der Waals surface area contributed by atoms with E-state index in [0.29, 0.717) is 0 Å². The predicted octanol–water partition coefficient (Wildman–Crippen LogP) is 4.03. The van der Waals surface area contributed by atoms with Crippen molar-refractivity contribution in [2.75, 3.05) is 0 Å². The Morgan fingerprint density at radius 2 is 2.07 bits per heavy atom. The number of para-hydroxylation sites is 1. The van der Waals surface area contributed by atoms with Crippen LogP contribution in [0.2, 0.25) is 0 Å². The number of benzene rings is 1. The van der Waals surface area contributed by atoms with Crippen molar-refractivity contribution in [2.45, 2.75) is 20.3 Å². The second-order valence-electron chi connectivity index (χ2n) is 3.54. The van der Waals surface area contributed by atoms with Crippen LogP contribution in [0.25, 0.3) is 16.5 Å². The van der Waals surface area contributed by atoms with E-state index in [0.717, 1.165) is 23.3 Å². The molecule has 0 saturated carbocycles. The van der Waals surface area contributed by atoms with E-state index < -0.39 is 0 Å². The molecule has 1 aromatic heterocycles. The van der Waals surface area contributed by atoms with Crippen molar-refractivity contribution >= 4 is 16.5 Å². The molecule has 0 aliphatic carbocycles. The van der Waals surface area contributed by atoms with Crippen molar-refractivity contribution in [1.29, 1.82) is 0 Å². The van der Waals surface area contributed by atoms with Crippen molar-refractivity contribution in [3.05, 3.63) is 42.2 Å². The fourth-order valence-electron chi connectivity index (χ4n) is 1.79. The first-order valence-corrected chi connectivity index (χ1v) is 4.90. The van der Waals surface area contributed by atoms with Gasteiger partial charge < -0.3 is 4.42 Å². The van der Waals surface area contributed by atoms with E-state index in [4.69, 9.17) is 4.42 Å². The van der Waals surface area contributed by atoms with Gasteiger partial charge in [-0.25, -0.2) is 0 Å². The number of furan rings is 1. The molecule has 0 aliphatic heterocycles. The van der Waals surface area contributed by atoms with E-state index >= 15 is 0 Å². The lowest BCUT2D eigenvalue weighted by atomic mass is 10.1. The van der Waals surface area contributed by atoms with E-state index in [1.807, 2.05) is 25.1 Å². The maximum Gasteiger partial charge on any atom is 0.135 e. The first-order valence-electron chi connectivity index (χ1n) is 4.90. The molecule has 0 saturated heterocycles. The normalized spacial score (nSPS) is 10.7. The molecular weight excluding hydrogens is 172 g/mol. The van der Waals surface area contributed by atoms with Gasteiger partial charge in [0.1, 0.15) is 11.3 Å². The summed E-state index contributed by atoms with van der Waals surface area (Å²) in [5.74, 6) is 0.952. The minimum absolute atomic E-state index is 0.952. The molecule has 0 fully saturated rings. The zero-order valence-corrected chi connectivity index (χ0v) is 8.63. The van der Waals surface area contributed by atoms with E-state index in [1.165, 1.54) is 10.9 Å². The monoisotopic (exact) mass is 186 g/mol. The largest absolute Gasteiger partial charge is 0.456 e. The molecule has 1 heteroatoms. The van der Waals surface area contributed by atoms with Crippen molar-refractivity contribution in [2.24, 2.45) is 0 Å². The highest BCUT2D eigenvalue weighted by atomic mass is 16.3. The van der Waals surface area contributed by atoms with Crippen LogP contribution < -0.4 is 0 Å². The molecule has 1 nitrogen and oxygen atoms in total. The minimum Gasteiger partial charge on any atom is -0.456 e. The molecule has 0 amide bonds. The summed E-state index contributed by atoms with van der Waals surface area (Å²) in [6.07, 6.45) is 0.985. The highest BCUT2D eigenvalue weighted by molar-refractivity contribution is 5.86. The molecule has 1 aromatic carbocycles. The van der Waals surface area contributed by atoms with Gasteiger partial charge in [-0.1, -0.05) is 31.7 Å². The van der Waals surface area contributed by atoms with Crippen molar-refractivity contribution < 1.29 is 4.42 Å². The SMILES string of the molecule is C=C(C)c1oc2ccccc2c1CC. The van der Waals surface area contributed by atoms with Gasteiger partial charge in [-0.3, -0.25) is 0 Å². The Balaban J connectivity index is 2.78. The maximum atomic E-state index is 5.75. The van der Waals surface area contributed by atoms with Crippen LogP contribution in [0.3, 0.4) is 0 Å². The van der Waals surface area contributed by atoms with E-state index in [9.17, 15) is 0 Å². The summed E-state index contributed by atoms with van der Waals surface area (Å²) in [7, 11) is 0. The Labute approximate surface area is 84.0 Å². The Hall–Kier alpha value is -1.50. The molecule has 14 heavy (non-hydrogen) atoms. The number of allylic oxidation sites excluding steroid dienone is 1. The lowest BCUT2D eigenvalue weighted by Crippen LogP contribution is -1.82. The lowest BCUT2D eigenvalue weighted by Gasteiger charge is -1.97. The summed E-state index contributed by atoms with van der Waals surface area (Å²) in [5, 5.41) is 1.22. The van der Waals surface area contributed by atoms with Crippen molar-refractivity contribution in [3.8, 4) is 0 Å². The zero-order valence-electron chi connectivity index (χ0n) is 8.63. The standard InChI is InChI=1S/C13H14O/c1-4-10-11-7-5-6-8-12(11)14-13(10)9(2)3/h5-8H,2,4H2,1,3H3. The number of aryl methyl sites for hydroxylation is 1. The van der Waals surface area contributed by atoms with Gasteiger partial charge in [-0.05, 0) is 25.0 Å². The Kier molecular flexibility index (Phi) is 2.16. The average Bonchev–Trinajstić information content (AvgIpc) is 2.56. The highest BCUT2D eigenvalue weighted by Crippen LogP contribution is 2.29. The van der Waals surface area contributed by atoms with Gasteiger partial charge in [-0.2, -0.15) is 0 Å². The summed E-state index contributed by atoms with van der Waals surface area (Å²) in [6, 6.07) is 8.14. The third-order valence-electron chi connectivity index (χ3n) is 2.44. The van der Waals surface area contributed by atoms with Crippen molar-refractivity contribution in [3.63, 3.8) is 0 Å². The second-order valence-corrected chi connectivity index (χ2v) is 3.54. The van der Waals surface area contributed by atoms with Gasteiger partial charge >= 0.3 is 0 Å². The predicted molar refractivity (Wildman–Crippen MR) is 60.3 cm³/mol. The van der Waals surface area contributed by atoms with Gasteiger partial charge in [-0.15, -0.1) is 0 Å². The second kappa shape index (κ2) is 3.33. The minimum atomic E-state index is 0.952. The van der Waals surface area contributed by atoms with Gasteiger partial charge in [0, 0.05) is 10.9 Å². The summed E-state index contributed by atoms with van der Waals surface area (Å²) in [4.78, 5) is 0. The fourth-order valence-corrected chi connectivity index (χ4v) is 1.79. The molecule has 0 aliphatic rings. The average molecular weight is 186 g/mol. The van der Waals surface area contributed by atoms with Crippen LogP contribution in [0, 0.1) is 0 Å². The smallest absolute Gasteiger partial charge is 0.135 e. The molecule has 0 unspecified atom stereocenters. The van der Waals surface area contributed by atoms with Gasteiger partial charge in [0.2, 0.25) is 0 Å².